The average molecular weight is 248 g/mol. The Bertz CT molecular complexity index is 371. The molecule has 0 bridgehead atoms. The molecule has 0 heterocycles. The molecule has 0 aliphatic carbocycles. The van der Waals surface area contributed by atoms with Gasteiger partial charge in [0.2, 0.25) is 0 Å². The van der Waals surface area contributed by atoms with Gasteiger partial charge < -0.3 is 9.53 Å². The minimum absolute atomic E-state index is 0.175. The van der Waals surface area contributed by atoms with Crippen LogP contribution in [0.3, 0.4) is 0 Å². The van der Waals surface area contributed by atoms with Gasteiger partial charge in [0, 0.05) is 5.92 Å². The van der Waals surface area contributed by atoms with E-state index in [-0.39, 0.29) is 24.9 Å². The molecule has 0 saturated carbocycles. The van der Waals surface area contributed by atoms with E-state index >= 15 is 0 Å². The Hall–Kier alpha value is -1.64. The molecule has 1 atom stereocenters. The fourth-order valence-corrected chi connectivity index (χ4v) is 1.80. The van der Waals surface area contributed by atoms with Gasteiger partial charge in [-0.25, -0.2) is 0 Å². The van der Waals surface area contributed by atoms with Crippen LogP contribution < -0.4 is 0 Å². The summed E-state index contributed by atoms with van der Waals surface area (Å²) >= 11 is 0. The number of carbonyl (C=O) groups excluding carboxylic acids is 2. The second-order valence-corrected chi connectivity index (χ2v) is 4.88. The van der Waals surface area contributed by atoms with E-state index < -0.39 is 0 Å². The highest BCUT2D eigenvalue weighted by Gasteiger charge is 2.15. The van der Waals surface area contributed by atoms with Crippen LogP contribution in [0.15, 0.2) is 30.3 Å². The van der Waals surface area contributed by atoms with Gasteiger partial charge in [-0.1, -0.05) is 44.2 Å². The fourth-order valence-electron chi connectivity index (χ4n) is 1.80. The summed E-state index contributed by atoms with van der Waals surface area (Å²) in [5.41, 5.74) is 0.956. The molecule has 0 aromatic heterocycles. The molecule has 1 aromatic carbocycles. The van der Waals surface area contributed by atoms with Crippen molar-refractivity contribution in [3.05, 3.63) is 35.9 Å². The largest absolute Gasteiger partial charge is 0.461 e. The lowest BCUT2D eigenvalue weighted by Crippen LogP contribution is -2.14. The Balaban J connectivity index is 2.34. The molecule has 18 heavy (non-hydrogen) atoms. The van der Waals surface area contributed by atoms with Crippen molar-refractivity contribution < 1.29 is 14.3 Å². The maximum atomic E-state index is 11.6. The van der Waals surface area contributed by atoms with E-state index in [0.29, 0.717) is 5.92 Å². The summed E-state index contributed by atoms with van der Waals surface area (Å²) in [7, 11) is 0. The van der Waals surface area contributed by atoms with Gasteiger partial charge in [-0.3, -0.25) is 4.79 Å². The van der Waals surface area contributed by atoms with Gasteiger partial charge in [-0.15, -0.1) is 0 Å². The van der Waals surface area contributed by atoms with Crippen molar-refractivity contribution in [2.24, 2.45) is 11.8 Å². The smallest absolute Gasteiger partial charge is 0.306 e. The standard InChI is InChI=1S/C15H20O3/c1-12(2)8-14(10-16)9-15(17)18-11-13-6-4-3-5-7-13/h3-7,10,12,14H,8-9,11H2,1-2H3. The quantitative estimate of drug-likeness (QED) is 0.550. The third-order valence-corrected chi connectivity index (χ3v) is 2.64. The number of hydrogen-bond acceptors (Lipinski definition) is 3. The predicted octanol–water partition coefficient (Wildman–Crippen LogP) is 2.98. The fraction of sp³-hybridized carbons (Fsp3) is 0.467. The van der Waals surface area contributed by atoms with Crippen molar-refractivity contribution >= 4 is 12.3 Å². The van der Waals surface area contributed by atoms with Crippen molar-refractivity contribution in [2.45, 2.75) is 33.3 Å². The molecular weight excluding hydrogens is 228 g/mol. The summed E-state index contributed by atoms with van der Waals surface area (Å²) in [5.74, 6) is -0.132. The molecule has 0 fully saturated rings. The molecule has 0 amide bonds. The number of benzene rings is 1. The number of ether oxygens (including phenoxy) is 1. The minimum Gasteiger partial charge on any atom is -0.461 e. The van der Waals surface area contributed by atoms with Crippen LogP contribution in [0.4, 0.5) is 0 Å². The van der Waals surface area contributed by atoms with Crippen molar-refractivity contribution in [2.75, 3.05) is 0 Å². The van der Waals surface area contributed by atoms with Crippen LogP contribution in [0, 0.1) is 11.8 Å². The van der Waals surface area contributed by atoms with Crippen LogP contribution in [0.25, 0.3) is 0 Å². The topological polar surface area (TPSA) is 43.4 Å². The van der Waals surface area contributed by atoms with E-state index in [2.05, 4.69) is 0 Å². The summed E-state index contributed by atoms with van der Waals surface area (Å²) in [5, 5.41) is 0. The van der Waals surface area contributed by atoms with E-state index in [0.717, 1.165) is 18.3 Å². The van der Waals surface area contributed by atoms with Gasteiger partial charge in [0.25, 0.3) is 0 Å². The van der Waals surface area contributed by atoms with Crippen LogP contribution in [0.5, 0.6) is 0 Å². The Kier molecular flexibility index (Phi) is 6.12. The molecule has 1 unspecified atom stereocenters. The highest BCUT2D eigenvalue weighted by Crippen LogP contribution is 2.14. The average Bonchev–Trinajstić information content (AvgIpc) is 2.36. The summed E-state index contributed by atoms with van der Waals surface area (Å²) in [6.45, 7) is 4.34. The summed E-state index contributed by atoms with van der Waals surface area (Å²) < 4.78 is 5.14. The Morgan fingerprint density at radius 1 is 1.28 bits per heavy atom. The summed E-state index contributed by atoms with van der Waals surface area (Å²) in [6, 6.07) is 9.51. The SMILES string of the molecule is CC(C)CC(C=O)CC(=O)OCc1ccccc1. The molecule has 0 radical (unpaired) electrons. The lowest BCUT2D eigenvalue weighted by atomic mass is 9.96. The van der Waals surface area contributed by atoms with Crippen molar-refractivity contribution in [3.63, 3.8) is 0 Å². The van der Waals surface area contributed by atoms with Crippen LogP contribution in [-0.2, 0) is 20.9 Å². The normalized spacial score (nSPS) is 12.2. The van der Waals surface area contributed by atoms with Gasteiger partial charge in [0.05, 0.1) is 6.42 Å². The second kappa shape index (κ2) is 7.64. The molecule has 3 nitrogen and oxygen atoms in total. The Labute approximate surface area is 108 Å². The third-order valence-electron chi connectivity index (χ3n) is 2.64. The number of hydrogen-bond donors (Lipinski definition) is 0. The number of rotatable bonds is 7. The third kappa shape index (κ3) is 5.62. The Morgan fingerprint density at radius 2 is 1.94 bits per heavy atom. The maximum Gasteiger partial charge on any atom is 0.306 e. The number of aldehydes is 1. The first-order valence-electron chi connectivity index (χ1n) is 6.26. The first-order chi connectivity index (χ1) is 8.61. The summed E-state index contributed by atoms with van der Waals surface area (Å²) in [6.07, 6.45) is 1.75. The lowest BCUT2D eigenvalue weighted by molar-refractivity contribution is -0.147. The first-order valence-corrected chi connectivity index (χ1v) is 6.26. The molecule has 1 rings (SSSR count). The van der Waals surface area contributed by atoms with E-state index in [9.17, 15) is 9.59 Å². The number of esters is 1. The molecule has 0 spiro atoms. The van der Waals surface area contributed by atoms with Crippen molar-refractivity contribution in [1.82, 2.24) is 0 Å². The zero-order valence-electron chi connectivity index (χ0n) is 11.0. The molecule has 3 heteroatoms. The van der Waals surface area contributed by atoms with Gasteiger partial charge in [-0.05, 0) is 17.9 Å². The summed E-state index contributed by atoms with van der Waals surface area (Å²) in [4.78, 5) is 22.4. The molecule has 98 valence electrons. The van der Waals surface area contributed by atoms with Gasteiger partial charge in [-0.2, -0.15) is 0 Å². The maximum absolute atomic E-state index is 11.6. The molecular formula is C15H20O3. The second-order valence-electron chi connectivity index (χ2n) is 4.88. The van der Waals surface area contributed by atoms with E-state index in [1.54, 1.807) is 0 Å². The molecule has 0 saturated heterocycles. The van der Waals surface area contributed by atoms with E-state index in [4.69, 9.17) is 4.74 Å². The zero-order valence-corrected chi connectivity index (χ0v) is 11.0. The van der Waals surface area contributed by atoms with Gasteiger partial charge >= 0.3 is 5.97 Å². The first kappa shape index (κ1) is 14.4. The van der Waals surface area contributed by atoms with Crippen LogP contribution >= 0.6 is 0 Å². The zero-order chi connectivity index (χ0) is 13.4. The molecule has 0 aliphatic heterocycles. The highest BCUT2D eigenvalue weighted by atomic mass is 16.5. The van der Waals surface area contributed by atoms with Crippen molar-refractivity contribution in [3.8, 4) is 0 Å². The molecule has 0 N–H and O–H groups in total. The van der Waals surface area contributed by atoms with E-state index in [1.165, 1.54) is 0 Å². The van der Waals surface area contributed by atoms with Gasteiger partial charge in [0.1, 0.15) is 12.9 Å². The van der Waals surface area contributed by atoms with Crippen molar-refractivity contribution in [1.29, 1.82) is 0 Å². The minimum atomic E-state index is -0.309. The van der Waals surface area contributed by atoms with Gasteiger partial charge in [0.15, 0.2) is 0 Å². The van der Waals surface area contributed by atoms with Crippen LogP contribution in [-0.4, -0.2) is 12.3 Å². The van der Waals surface area contributed by atoms with Crippen LogP contribution in [0.1, 0.15) is 32.3 Å². The van der Waals surface area contributed by atoms with Crippen LogP contribution in [0.2, 0.25) is 0 Å². The number of carbonyl (C=O) groups is 2. The predicted molar refractivity (Wildman–Crippen MR) is 69.9 cm³/mol. The lowest BCUT2D eigenvalue weighted by Gasteiger charge is -2.12. The monoisotopic (exact) mass is 248 g/mol. The molecule has 1 aromatic rings. The Morgan fingerprint density at radius 3 is 2.50 bits per heavy atom. The van der Waals surface area contributed by atoms with E-state index in [1.807, 2.05) is 44.2 Å². The molecule has 0 aliphatic rings. The highest BCUT2D eigenvalue weighted by molar-refractivity contribution is 5.73.